The molecule has 2 rings (SSSR count). The Morgan fingerprint density at radius 3 is 2.57 bits per heavy atom. The van der Waals surface area contributed by atoms with Crippen LogP contribution in [0.1, 0.15) is 13.2 Å². The van der Waals surface area contributed by atoms with Gasteiger partial charge in [-0.25, -0.2) is 13.7 Å². The highest BCUT2D eigenvalue weighted by atomic mass is 31.3. The standard InChI is InChI=1S/C12H21N3O11P2/c1-6(16)5-27(20,21)26-28(22,23)24-4-7-9(17)10(18)11(25-7)15-3-2-8(13)14-12(15)19/h2-3,6-7,9-11,16-18H,4-5H2,1H3,(H,20,21)(H,22,23)(H2,13,14,19)/t6-,7+,9+,10+,11+/m0/s1. The van der Waals surface area contributed by atoms with Crippen LogP contribution in [0.15, 0.2) is 17.1 Å². The second-order valence-electron chi connectivity index (χ2n) is 6.10. The van der Waals surface area contributed by atoms with Gasteiger partial charge in [-0.05, 0) is 13.0 Å². The minimum atomic E-state index is -5.07. The highest BCUT2D eigenvalue weighted by molar-refractivity contribution is 7.64. The van der Waals surface area contributed by atoms with Crippen molar-refractivity contribution in [2.24, 2.45) is 0 Å². The highest BCUT2D eigenvalue weighted by Gasteiger charge is 2.45. The number of rotatable bonds is 8. The second kappa shape index (κ2) is 8.67. The van der Waals surface area contributed by atoms with Crippen LogP contribution < -0.4 is 11.4 Å². The molecule has 0 saturated carbocycles. The summed E-state index contributed by atoms with van der Waals surface area (Å²) in [6, 6.07) is 1.25. The maximum atomic E-state index is 11.8. The lowest BCUT2D eigenvalue weighted by atomic mass is 10.1. The molecule has 1 aromatic heterocycles. The lowest BCUT2D eigenvalue weighted by Crippen LogP contribution is -2.36. The number of aliphatic hydroxyl groups excluding tert-OH is 3. The number of nitrogen functional groups attached to an aromatic ring is 1. The van der Waals surface area contributed by atoms with E-state index in [1.165, 1.54) is 19.2 Å². The Morgan fingerprint density at radius 2 is 2.00 bits per heavy atom. The minimum Gasteiger partial charge on any atom is -0.393 e. The molecule has 0 bridgehead atoms. The molecule has 1 aliphatic rings. The van der Waals surface area contributed by atoms with Gasteiger partial charge in [-0.2, -0.15) is 4.98 Å². The topological polar surface area (TPSA) is 224 Å². The quantitative estimate of drug-likeness (QED) is 0.242. The number of hydrogen-bond acceptors (Lipinski definition) is 11. The number of phosphoric ester groups is 1. The summed E-state index contributed by atoms with van der Waals surface area (Å²) in [5.41, 5.74) is 4.50. The monoisotopic (exact) mass is 445 g/mol. The van der Waals surface area contributed by atoms with Gasteiger partial charge in [0.2, 0.25) is 0 Å². The normalized spacial score (nSPS) is 30.5. The average molecular weight is 445 g/mol. The number of aliphatic hydroxyl groups is 3. The van der Waals surface area contributed by atoms with Crippen molar-refractivity contribution in [1.82, 2.24) is 9.55 Å². The van der Waals surface area contributed by atoms with E-state index >= 15 is 0 Å². The number of aromatic nitrogens is 2. The van der Waals surface area contributed by atoms with Gasteiger partial charge < -0.3 is 35.6 Å². The van der Waals surface area contributed by atoms with Gasteiger partial charge in [0.1, 0.15) is 24.1 Å². The molecule has 0 aliphatic carbocycles. The molecule has 1 aromatic rings. The van der Waals surface area contributed by atoms with Crippen molar-refractivity contribution in [3.63, 3.8) is 0 Å². The van der Waals surface area contributed by atoms with E-state index in [2.05, 4.69) is 13.8 Å². The predicted molar refractivity (Wildman–Crippen MR) is 92.1 cm³/mol. The van der Waals surface area contributed by atoms with Gasteiger partial charge in [0.25, 0.3) is 0 Å². The Hall–Kier alpha value is -1.18. The zero-order valence-electron chi connectivity index (χ0n) is 14.5. The molecule has 0 amide bonds. The molecule has 1 saturated heterocycles. The molecule has 0 radical (unpaired) electrons. The van der Waals surface area contributed by atoms with Gasteiger partial charge in [-0.1, -0.05) is 0 Å². The van der Waals surface area contributed by atoms with Crippen LogP contribution in [-0.4, -0.2) is 71.8 Å². The summed E-state index contributed by atoms with van der Waals surface area (Å²) in [7, 11) is -9.71. The van der Waals surface area contributed by atoms with Gasteiger partial charge in [-0.15, -0.1) is 0 Å². The third-order valence-electron chi connectivity index (χ3n) is 3.59. The maximum absolute atomic E-state index is 11.8. The molecular formula is C12H21N3O11P2. The van der Waals surface area contributed by atoms with Crippen LogP contribution in [0.3, 0.4) is 0 Å². The van der Waals surface area contributed by atoms with Crippen molar-refractivity contribution in [2.45, 2.75) is 37.6 Å². The lowest BCUT2D eigenvalue weighted by Gasteiger charge is -2.20. The van der Waals surface area contributed by atoms with Gasteiger partial charge in [0.15, 0.2) is 6.23 Å². The number of nitrogens with zero attached hydrogens (tertiary/aromatic N) is 2. The summed E-state index contributed by atoms with van der Waals surface area (Å²) < 4.78 is 38.3. The van der Waals surface area contributed by atoms with Crippen LogP contribution in [0.4, 0.5) is 5.82 Å². The zero-order valence-corrected chi connectivity index (χ0v) is 16.3. The van der Waals surface area contributed by atoms with Crippen molar-refractivity contribution < 1.29 is 47.8 Å². The summed E-state index contributed by atoms with van der Waals surface area (Å²) in [6.07, 6.45) is -6.93. The minimum absolute atomic E-state index is 0.0711. The van der Waals surface area contributed by atoms with Gasteiger partial charge >= 0.3 is 21.1 Å². The summed E-state index contributed by atoms with van der Waals surface area (Å²) >= 11 is 0. The van der Waals surface area contributed by atoms with Crippen LogP contribution in [0.5, 0.6) is 0 Å². The number of anilines is 1. The van der Waals surface area contributed by atoms with E-state index in [0.717, 1.165) is 4.57 Å². The molecule has 160 valence electrons. The lowest BCUT2D eigenvalue weighted by molar-refractivity contribution is -0.0540. The first kappa shape index (κ1) is 23.1. The van der Waals surface area contributed by atoms with E-state index in [-0.39, 0.29) is 5.82 Å². The molecule has 16 heteroatoms. The molecule has 28 heavy (non-hydrogen) atoms. The van der Waals surface area contributed by atoms with Gasteiger partial charge in [-0.3, -0.25) is 13.7 Å². The predicted octanol–water partition coefficient (Wildman–Crippen LogP) is -1.86. The largest absolute Gasteiger partial charge is 0.479 e. The number of phosphoric acid groups is 1. The fourth-order valence-electron chi connectivity index (χ4n) is 2.44. The highest BCUT2D eigenvalue weighted by Crippen LogP contribution is 2.60. The molecule has 7 N–H and O–H groups in total. The summed E-state index contributed by atoms with van der Waals surface area (Å²) in [4.78, 5) is 34.3. The first-order valence-electron chi connectivity index (χ1n) is 7.86. The van der Waals surface area contributed by atoms with Crippen LogP contribution in [0, 0.1) is 0 Å². The van der Waals surface area contributed by atoms with E-state index in [1.54, 1.807) is 0 Å². The van der Waals surface area contributed by atoms with E-state index < -0.39 is 64.5 Å². The Kier molecular flexibility index (Phi) is 7.16. The second-order valence-corrected chi connectivity index (χ2v) is 9.59. The molecule has 0 spiro atoms. The Labute approximate surface area is 158 Å². The summed E-state index contributed by atoms with van der Waals surface area (Å²) in [6.45, 7) is 0.349. The molecule has 1 aliphatic heterocycles. The summed E-state index contributed by atoms with van der Waals surface area (Å²) in [5, 5.41) is 29.2. The molecule has 2 heterocycles. The van der Waals surface area contributed by atoms with Crippen molar-refractivity contribution in [2.75, 3.05) is 18.5 Å². The molecule has 0 aromatic carbocycles. The smallest absolute Gasteiger partial charge is 0.393 e. The number of nitrogens with two attached hydrogens (primary N) is 1. The first-order valence-corrected chi connectivity index (χ1v) is 11.1. The van der Waals surface area contributed by atoms with Crippen molar-refractivity contribution in [1.29, 1.82) is 0 Å². The summed E-state index contributed by atoms with van der Waals surface area (Å²) in [5.74, 6) is -0.0711. The molecule has 14 nitrogen and oxygen atoms in total. The molecule has 7 atom stereocenters. The molecular weight excluding hydrogens is 424 g/mol. The van der Waals surface area contributed by atoms with Crippen molar-refractivity contribution >= 4 is 21.2 Å². The SMILES string of the molecule is C[C@H](O)CP(=O)(O)OP(=O)(O)OC[C@H]1O[C@@H](n2ccc(N)nc2=O)[C@H](O)[C@@H]1O. The fraction of sp³-hybridized carbons (Fsp3) is 0.667. The number of ether oxygens (including phenoxy) is 1. The van der Waals surface area contributed by atoms with E-state index in [1.807, 2.05) is 0 Å². The third kappa shape index (κ3) is 5.91. The zero-order chi connectivity index (χ0) is 21.3. The van der Waals surface area contributed by atoms with Crippen LogP contribution in [0.2, 0.25) is 0 Å². The van der Waals surface area contributed by atoms with E-state index in [0.29, 0.717) is 0 Å². The Morgan fingerprint density at radius 1 is 1.36 bits per heavy atom. The van der Waals surface area contributed by atoms with Crippen LogP contribution in [-0.2, 0) is 22.7 Å². The third-order valence-corrected chi connectivity index (χ3v) is 6.90. The van der Waals surface area contributed by atoms with Crippen LogP contribution in [0.25, 0.3) is 0 Å². The van der Waals surface area contributed by atoms with E-state index in [4.69, 9.17) is 15.6 Å². The molecule has 2 unspecified atom stereocenters. The van der Waals surface area contributed by atoms with Gasteiger partial charge in [0.05, 0.1) is 18.9 Å². The van der Waals surface area contributed by atoms with Crippen molar-refractivity contribution in [3.8, 4) is 0 Å². The van der Waals surface area contributed by atoms with Crippen LogP contribution >= 0.6 is 15.4 Å². The Bertz CT molecular complexity index is 846. The first-order chi connectivity index (χ1) is 12.8. The number of hydrogen-bond donors (Lipinski definition) is 6. The Balaban J connectivity index is 2.04. The average Bonchev–Trinajstić information content (AvgIpc) is 2.79. The molecule has 1 fully saturated rings. The van der Waals surface area contributed by atoms with Crippen molar-refractivity contribution in [3.05, 3.63) is 22.7 Å². The van der Waals surface area contributed by atoms with E-state index in [9.17, 15) is 33.9 Å². The fourth-order valence-corrected chi connectivity index (χ4v) is 5.18. The maximum Gasteiger partial charge on any atom is 0.479 e. The van der Waals surface area contributed by atoms with Gasteiger partial charge in [0, 0.05) is 6.20 Å².